The van der Waals surface area contributed by atoms with Crippen molar-refractivity contribution in [2.45, 2.75) is 33.4 Å². The van der Waals surface area contributed by atoms with E-state index in [0.717, 1.165) is 28.0 Å². The molecule has 0 spiro atoms. The van der Waals surface area contributed by atoms with Crippen LogP contribution in [0, 0.1) is 6.92 Å². The largest absolute Gasteiger partial charge is 0.326 e. The van der Waals surface area contributed by atoms with E-state index in [-0.39, 0.29) is 0 Å². The highest BCUT2D eigenvalue weighted by Crippen LogP contribution is 2.29. The van der Waals surface area contributed by atoms with Crippen LogP contribution in [0.4, 0.5) is 0 Å². The summed E-state index contributed by atoms with van der Waals surface area (Å²) in [4.78, 5) is 4.85. The smallest absolute Gasteiger partial charge is 0.141 e. The third-order valence-electron chi connectivity index (χ3n) is 3.82. The minimum absolute atomic E-state index is 0.357. The van der Waals surface area contributed by atoms with Crippen molar-refractivity contribution in [1.29, 1.82) is 0 Å². The Morgan fingerprint density at radius 3 is 2.43 bits per heavy atom. The van der Waals surface area contributed by atoms with Crippen LogP contribution in [0.5, 0.6) is 0 Å². The predicted molar refractivity (Wildman–Crippen MR) is 88.2 cm³/mol. The van der Waals surface area contributed by atoms with E-state index >= 15 is 0 Å². The first-order valence-corrected chi connectivity index (χ1v) is 7.38. The topological polar surface area (TPSA) is 43.8 Å². The van der Waals surface area contributed by atoms with Crippen LogP contribution in [0.2, 0.25) is 0 Å². The van der Waals surface area contributed by atoms with Gasteiger partial charge in [-0.3, -0.25) is 0 Å². The van der Waals surface area contributed by atoms with E-state index in [4.69, 9.17) is 10.7 Å². The fourth-order valence-electron chi connectivity index (χ4n) is 2.70. The summed E-state index contributed by atoms with van der Waals surface area (Å²) < 4.78 is 2.29. The minimum atomic E-state index is 0.357. The van der Waals surface area contributed by atoms with E-state index < -0.39 is 0 Å². The molecule has 3 rings (SSSR count). The molecule has 0 aliphatic carbocycles. The lowest BCUT2D eigenvalue weighted by Crippen LogP contribution is -2.03. The van der Waals surface area contributed by atoms with Gasteiger partial charge in [-0.05, 0) is 38.5 Å². The van der Waals surface area contributed by atoms with Gasteiger partial charge >= 0.3 is 0 Å². The molecule has 3 heteroatoms. The Kier molecular flexibility index (Phi) is 3.52. The van der Waals surface area contributed by atoms with Crippen molar-refractivity contribution >= 4 is 11.0 Å². The summed E-state index contributed by atoms with van der Waals surface area (Å²) in [5.41, 5.74) is 11.4. The number of benzene rings is 2. The Morgan fingerprint density at radius 2 is 1.81 bits per heavy atom. The Morgan fingerprint density at radius 1 is 1.10 bits per heavy atom. The molecule has 0 bridgehead atoms. The standard InChI is InChI=1S/C18H21N3/c1-12(2)21-17-9-6-14(11-19)10-16(17)20-18(21)15-7-4-13(3)5-8-15/h4-10,12H,11,19H2,1-3H3. The fraction of sp³-hybridized carbons (Fsp3) is 0.278. The van der Waals surface area contributed by atoms with Crippen LogP contribution in [0.1, 0.15) is 31.0 Å². The number of hydrogen-bond acceptors (Lipinski definition) is 2. The van der Waals surface area contributed by atoms with Gasteiger partial charge in [0.25, 0.3) is 0 Å². The van der Waals surface area contributed by atoms with Gasteiger partial charge < -0.3 is 10.3 Å². The molecule has 0 saturated carbocycles. The molecule has 0 amide bonds. The lowest BCUT2D eigenvalue weighted by Gasteiger charge is -2.13. The van der Waals surface area contributed by atoms with Crippen LogP contribution >= 0.6 is 0 Å². The summed E-state index contributed by atoms with van der Waals surface area (Å²) in [5.74, 6) is 1.02. The predicted octanol–water partition coefficient (Wildman–Crippen LogP) is 4.05. The van der Waals surface area contributed by atoms with Crippen molar-refractivity contribution in [3.63, 3.8) is 0 Å². The molecule has 0 fully saturated rings. The Labute approximate surface area is 125 Å². The summed E-state index contributed by atoms with van der Waals surface area (Å²) in [6, 6.07) is 15.2. The fourth-order valence-corrected chi connectivity index (χ4v) is 2.70. The monoisotopic (exact) mass is 279 g/mol. The zero-order valence-electron chi connectivity index (χ0n) is 12.8. The van der Waals surface area contributed by atoms with Crippen molar-refractivity contribution in [3.05, 3.63) is 53.6 Å². The first kappa shape index (κ1) is 13.8. The zero-order chi connectivity index (χ0) is 15.0. The zero-order valence-corrected chi connectivity index (χ0v) is 12.8. The van der Waals surface area contributed by atoms with Crippen LogP contribution < -0.4 is 5.73 Å². The summed E-state index contributed by atoms with van der Waals surface area (Å²) in [5, 5.41) is 0. The molecule has 21 heavy (non-hydrogen) atoms. The van der Waals surface area contributed by atoms with Gasteiger partial charge in [0.05, 0.1) is 11.0 Å². The highest BCUT2D eigenvalue weighted by molar-refractivity contribution is 5.81. The van der Waals surface area contributed by atoms with Crippen molar-refractivity contribution in [2.75, 3.05) is 0 Å². The number of aromatic nitrogens is 2. The van der Waals surface area contributed by atoms with Gasteiger partial charge in [-0.25, -0.2) is 4.98 Å². The molecule has 3 aromatic rings. The number of imidazole rings is 1. The van der Waals surface area contributed by atoms with Crippen molar-refractivity contribution in [2.24, 2.45) is 5.73 Å². The van der Waals surface area contributed by atoms with Gasteiger partial charge in [0.2, 0.25) is 0 Å². The van der Waals surface area contributed by atoms with E-state index in [1.54, 1.807) is 0 Å². The molecule has 108 valence electrons. The quantitative estimate of drug-likeness (QED) is 0.786. The minimum Gasteiger partial charge on any atom is -0.326 e. The maximum Gasteiger partial charge on any atom is 0.141 e. The average Bonchev–Trinajstić information content (AvgIpc) is 2.86. The molecular formula is C18H21N3. The van der Waals surface area contributed by atoms with E-state index in [0.29, 0.717) is 12.6 Å². The third-order valence-corrected chi connectivity index (χ3v) is 3.82. The van der Waals surface area contributed by atoms with Gasteiger partial charge in [0.15, 0.2) is 0 Å². The van der Waals surface area contributed by atoms with Crippen molar-refractivity contribution in [3.8, 4) is 11.4 Å². The van der Waals surface area contributed by atoms with E-state index in [9.17, 15) is 0 Å². The number of nitrogens with zero attached hydrogens (tertiary/aromatic N) is 2. The van der Waals surface area contributed by atoms with Crippen LogP contribution in [-0.2, 0) is 6.54 Å². The number of aryl methyl sites for hydroxylation is 1. The molecule has 0 atom stereocenters. The van der Waals surface area contributed by atoms with Crippen LogP contribution in [0.3, 0.4) is 0 Å². The van der Waals surface area contributed by atoms with Gasteiger partial charge in [-0.1, -0.05) is 35.9 Å². The summed E-state index contributed by atoms with van der Waals surface area (Å²) in [7, 11) is 0. The number of nitrogens with two attached hydrogens (primary N) is 1. The molecule has 0 saturated heterocycles. The highest BCUT2D eigenvalue weighted by atomic mass is 15.1. The van der Waals surface area contributed by atoms with Crippen LogP contribution in [0.15, 0.2) is 42.5 Å². The molecular weight excluding hydrogens is 258 g/mol. The molecule has 1 aromatic heterocycles. The normalized spacial score (nSPS) is 11.5. The first-order chi connectivity index (χ1) is 10.1. The van der Waals surface area contributed by atoms with Crippen molar-refractivity contribution in [1.82, 2.24) is 9.55 Å². The summed E-state index contributed by atoms with van der Waals surface area (Å²) in [6.45, 7) is 7.03. The Bertz CT molecular complexity index is 767. The van der Waals surface area contributed by atoms with Gasteiger partial charge in [0, 0.05) is 18.2 Å². The number of hydrogen-bond donors (Lipinski definition) is 1. The van der Waals surface area contributed by atoms with Crippen LogP contribution in [0.25, 0.3) is 22.4 Å². The second kappa shape index (κ2) is 5.34. The number of fused-ring (bicyclic) bond motifs is 1. The van der Waals surface area contributed by atoms with Crippen molar-refractivity contribution < 1.29 is 0 Å². The van der Waals surface area contributed by atoms with Crippen LogP contribution in [-0.4, -0.2) is 9.55 Å². The highest BCUT2D eigenvalue weighted by Gasteiger charge is 2.14. The number of rotatable bonds is 3. The molecule has 0 radical (unpaired) electrons. The summed E-state index contributed by atoms with van der Waals surface area (Å²) >= 11 is 0. The Balaban J connectivity index is 2.25. The maximum atomic E-state index is 5.74. The summed E-state index contributed by atoms with van der Waals surface area (Å²) in [6.07, 6.45) is 0. The first-order valence-electron chi connectivity index (χ1n) is 7.38. The molecule has 2 N–H and O–H groups in total. The lowest BCUT2D eigenvalue weighted by atomic mass is 10.1. The molecule has 0 aliphatic heterocycles. The van der Waals surface area contributed by atoms with Gasteiger partial charge in [0.1, 0.15) is 5.82 Å². The molecule has 1 heterocycles. The van der Waals surface area contributed by atoms with E-state index in [1.165, 1.54) is 5.56 Å². The van der Waals surface area contributed by atoms with E-state index in [2.05, 4.69) is 67.8 Å². The molecule has 3 nitrogen and oxygen atoms in total. The molecule has 0 aliphatic rings. The second-order valence-corrected chi connectivity index (χ2v) is 5.79. The SMILES string of the molecule is Cc1ccc(-c2nc3cc(CN)ccc3n2C(C)C)cc1. The second-order valence-electron chi connectivity index (χ2n) is 5.79. The average molecular weight is 279 g/mol. The van der Waals surface area contributed by atoms with E-state index in [1.807, 2.05) is 0 Å². The Hall–Kier alpha value is -2.13. The maximum absolute atomic E-state index is 5.74. The van der Waals surface area contributed by atoms with Gasteiger partial charge in [-0.15, -0.1) is 0 Å². The molecule has 2 aromatic carbocycles. The lowest BCUT2D eigenvalue weighted by molar-refractivity contribution is 0.624. The molecule has 0 unspecified atom stereocenters. The van der Waals surface area contributed by atoms with Gasteiger partial charge in [-0.2, -0.15) is 0 Å². The third kappa shape index (κ3) is 2.45.